The number of Topliss-reactive ketones (excluding diaryl/α,β-unsaturated/α-hetero) is 1. The third-order valence-corrected chi connectivity index (χ3v) is 5.55. The monoisotopic (exact) mass is 430 g/mol. The number of ketones is 1. The van der Waals surface area contributed by atoms with Crippen LogP contribution >= 0.6 is 0 Å². The minimum absolute atomic E-state index is 0.0310. The van der Waals surface area contributed by atoms with E-state index in [0.29, 0.717) is 6.42 Å². The molecular weight excluding hydrogens is 392 g/mol. The van der Waals surface area contributed by atoms with Crippen molar-refractivity contribution in [1.29, 1.82) is 0 Å². The molecule has 0 fully saturated rings. The van der Waals surface area contributed by atoms with Crippen LogP contribution in [0, 0.1) is 0 Å². The number of rotatable bonds is 14. The molecule has 0 spiro atoms. The molecule has 0 unspecified atom stereocenters. The van der Waals surface area contributed by atoms with Crippen molar-refractivity contribution in [1.82, 2.24) is 0 Å². The number of fused-ring (bicyclic) bond motifs is 1. The molecule has 1 heterocycles. The van der Waals surface area contributed by atoms with Crippen molar-refractivity contribution in [3.63, 3.8) is 0 Å². The van der Waals surface area contributed by atoms with Gasteiger partial charge in [-0.05, 0) is 44.9 Å². The predicted octanol–water partition coefficient (Wildman–Crippen LogP) is 6.57. The zero-order valence-corrected chi connectivity index (χ0v) is 18.8. The Morgan fingerprint density at radius 3 is 2.23 bits per heavy atom. The lowest BCUT2D eigenvalue weighted by molar-refractivity contribution is -0.145. The molecule has 1 aromatic carbocycles. The molecule has 31 heavy (non-hydrogen) atoms. The van der Waals surface area contributed by atoms with Crippen LogP contribution in [0.1, 0.15) is 101 Å². The summed E-state index contributed by atoms with van der Waals surface area (Å²) < 4.78 is 5.57. The van der Waals surface area contributed by atoms with Gasteiger partial charge in [-0.15, -0.1) is 0 Å². The van der Waals surface area contributed by atoms with Crippen LogP contribution in [0.3, 0.4) is 0 Å². The number of carbonyl (C=O) groups is 1. The Bertz CT molecular complexity index is 752. The van der Waals surface area contributed by atoms with Crippen molar-refractivity contribution in [2.24, 2.45) is 0 Å². The molecule has 5 heteroatoms. The van der Waals surface area contributed by atoms with E-state index >= 15 is 0 Å². The second-order valence-electron chi connectivity index (χ2n) is 8.46. The largest absolute Gasteiger partial charge is 0.508 e. The van der Waals surface area contributed by atoms with Crippen LogP contribution in [-0.2, 0) is 0 Å². The van der Waals surface area contributed by atoms with Crippen LogP contribution < -0.4 is 4.74 Å². The van der Waals surface area contributed by atoms with E-state index in [-0.39, 0.29) is 35.0 Å². The molecule has 2 rings (SSSR count). The van der Waals surface area contributed by atoms with Crippen LogP contribution in [0.5, 0.6) is 17.2 Å². The van der Waals surface area contributed by atoms with Crippen LogP contribution in [0.2, 0.25) is 0 Å². The van der Waals surface area contributed by atoms with E-state index in [1.54, 1.807) is 0 Å². The van der Waals surface area contributed by atoms with Gasteiger partial charge in [0.15, 0.2) is 5.78 Å². The molecule has 0 amide bonds. The molecule has 1 aliphatic heterocycles. The second kappa shape index (κ2) is 13.2. The van der Waals surface area contributed by atoms with Crippen molar-refractivity contribution in [3.8, 4) is 17.2 Å². The zero-order chi connectivity index (χ0) is 22.5. The number of allylic oxidation sites excluding steroid dienone is 4. The summed E-state index contributed by atoms with van der Waals surface area (Å²) >= 11 is 0. The number of phenols is 2. The van der Waals surface area contributed by atoms with E-state index in [0.717, 1.165) is 51.0 Å². The Balaban J connectivity index is 1.56. The number of hydrogen-bond acceptors (Lipinski definition) is 5. The molecule has 0 saturated carbocycles. The number of ether oxygens (including phenoxy) is 1. The van der Waals surface area contributed by atoms with Crippen LogP contribution in [0.25, 0.3) is 0 Å². The van der Waals surface area contributed by atoms with Crippen LogP contribution in [-0.4, -0.2) is 26.9 Å². The van der Waals surface area contributed by atoms with Crippen molar-refractivity contribution < 1.29 is 24.9 Å². The van der Waals surface area contributed by atoms with Gasteiger partial charge in [-0.25, -0.2) is 0 Å². The lowest BCUT2D eigenvalue weighted by atomic mass is 9.93. The van der Waals surface area contributed by atoms with Gasteiger partial charge in [0.1, 0.15) is 22.8 Å². The number of unbranched alkanes of at least 4 members (excludes halogenated alkanes) is 8. The van der Waals surface area contributed by atoms with E-state index in [4.69, 9.17) is 4.74 Å². The maximum atomic E-state index is 12.3. The smallest absolute Gasteiger partial charge is 0.215 e. The van der Waals surface area contributed by atoms with E-state index in [2.05, 4.69) is 31.2 Å². The van der Waals surface area contributed by atoms with E-state index in [9.17, 15) is 20.1 Å². The fraction of sp³-hybridized carbons (Fsp3) is 0.577. The first-order valence-corrected chi connectivity index (χ1v) is 11.8. The van der Waals surface area contributed by atoms with Gasteiger partial charge in [0, 0.05) is 18.6 Å². The summed E-state index contributed by atoms with van der Waals surface area (Å²) in [6.45, 7) is 2.20. The fourth-order valence-electron chi connectivity index (χ4n) is 3.85. The standard InChI is InChI=1S/C26H38O5/c1-2-3-4-5-6-7-8-9-10-11-12-13-14-15-16-17-26(30)20-23(29)25-22(28)18-21(27)19-24(25)31-26/h4-5,9-10,18-19,27-28,30H,2-3,6-8,11-17,20H2,1H3/b5-4-,10-9-/t26-/m1/s1. The Morgan fingerprint density at radius 2 is 1.52 bits per heavy atom. The SMILES string of the molecule is CCC/C=C\CCC/C=C\CCCCCCC[C@]1(O)CC(=O)c2c(O)cc(O)cc2O1. The topological polar surface area (TPSA) is 87.0 Å². The third kappa shape index (κ3) is 8.78. The predicted molar refractivity (Wildman–Crippen MR) is 124 cm³/mol. The van der Waals surface area contributed by atoms with Crippen LogP contribution in [0.15, 0.2) is 36.4 Å². The number of carbonyl (C=O) groups excluding carboxylic acids is 1. The summed E-state index contributed by atoms with van der Waals surface area (Å²) in [7, 11) is 0. The normalized spacial score (nSPS) is 18.6. The van der Waals surface area contributed by atoms with Gasteiger partial charge in [-0.1, -0.05) is 56.9 Å². The maximum absolute atomic E-state index is 12.3. The summed E-state index contributed by atoms with van der Waals surface area (Å²) in [5, 5.41) is 30.1. The summed E-state index contributed by atoms with van der Waals surface area (Å²) in [5.41, 5.74) is 0.0310. The second-order valence-corrected chi connectivity index (χ2v) is 8.46. The summed E-state index contributed by atoms with van der Waals surface area (Å²) in [6.07, 6.45) is 21.4. The molecule has 1 aliphatic rings. The molecule has 172 valence electrons. The average Bonchev–Trinajstić information content (AvgIpc) is 2.69. The summed E-state index contributed by atoms with van der Waals surface area (Å²) in [6, 6.07) is 2.36. The minimum atomic E-state index is -1.57. The molecule has 0 aliphatic carbocycles. The van der Waals surface area contributed by atoms with E-state index in [1.807, 2.05) is 0 Å². The first kappa shape index (κ1) is 25.0. The van der Waals surface area contributed by atoms with E-state index < -0.39 is 5.79 Å². The van der Waals surface area contributed by atoms with Crippen molar-refractivity contribution in [3.05, 3.63) is 42.0 Å². The third-order valence-electron chi connectivity index (χ3n) is 5.55. The molecule has 0 radical (unpaired) electrons. The lowest BCUT2D eigenvalue weighted by Gasteiger charge is -2.33. The Hall–Kier alpha value is -2.27. The van der Waals surface area contributed by atoms with Crippen molar-refractivity contribution in [2.75, 3.05) is 0 Å². The Morgan fingerprint density at radius 1 is 0.903 bits per heavy atom. The van der Waals surface area contributed by atoms with Crippen molar-refractivity contribution >= 4 is 5.78 Å². The summed E-state index contributed by atoms with van der Waals surface area (Å²) in [4.78, 5) is 12.3. The fourth-order valence-corrected chi connectivity index (χ4v) is 3.85. The number of benzene rings is 1. The Kier molecular flexibility index (Phi) is 10.6. The van der Waals surface area contributed by atoms with Crippen molar-refractivity contribution in [2.45, 2.75) is 96.2 Å². The Labute approximate surface area is 186 Å². The maximum Gasteiger partial charge on any atom is 0.215 e. The van der Waals surface area contributed by atoms with Gasteiger partial charge >= 0.3 is 0 Å². The number of aliphatic hydroxyl groups is 1. The van der Waals surface area contributed by atoms with Gasteiger partial charge < -0.3 is 20.1 Å². The molecule has 1 atom stereocenters. The highest BCUT2D eigenvalue weighted by molar-refractivity contribution is 6.02. The highest BCUT2D eigenvalue weighted by atomic mass is 16.6. The molecule has 1 aromatic rings. The first-order chi connectivity index (χ1) is 14.9. The molecule has 0 aromatic heterocycles. The van der Waals surface area contributed by atoms with Crippen LogP contribution in [0.4, 0.5) is 0 Å². The number of aromatic hydroxyl groups is 2. The van der Waals surface area contributed by atoms with Gasteiger partial charge in [0.25, 0.3) is 0 Å². The first-order valence-electron chi connectivity index (χ1n) is 11.8. The minimum Gasteiger partial charge on any atom is -0.508 e. The van der Waals surface area contributed by atoms with E-state index in [1.165, 1.54) is 31.7 Å². The summed E-state index contributed by atoms with van der Waals surface area (Å²) in [5.74, 6) is -2.42. The lowest BCUT2D eigenvalue weighted by Crippen LogP contribution is -2.41. The zero-order valence-electron chi connectivity index (χ0n) is 18.8. The van der Waals surface area contributed by atoms with Gasteiger partial charge in [0.2, 0.25) is 5.79 Å². The molecule has 0 bridgehead atoms. The highest BCUT2D eigenvalue weighted by Gasteiger charge is 2.39. The van der Waals surface area contributed by atoms with Gasteiger partial charge in [-0.3, -0.25) is 4.79 Å². The van der Waals surface area contributed by atoms with Gasteiger partial charge in [0.05, 0.1) is 6.42 Å². The molecule has 5 nitrogen and oxygen atoms in total. The number of phenolic OH excluding ortho intramolecular Hbond substituents is 2. The molecule has 0 saturated heterocycles. The quantitative estimate of drug-likeness (QED) is 0.230. The average molecular weight is 431 g/mol. The number of hydrogen-bond donors (Lipinski definition) is 3. The molecular formula is C26H38O5. The molecule has 3 N–H and O–H groups in total. The highest BCUT2D eigenvalue weighted by Crippen LogP contribution is 2.41. The van der Waals surface area contributed by atoms with Gasteiger partial charge in [-0.2, -0.15) is 0 Å².